The summed E-state index contributed by atoms with van der Waals surface area (Å²) < 4.78 is 12.1. The van der Waals surface area contributed by atoms with E-state index in [1.165, 1.54) is 0 Å². The van der Waals surface area contributed by atoms with Crippen LogP contribution in [0.5, 0.6) is 0 Å². The Labute approximate surface area is 150 Å². The maximum atomic E-state index is 6.06. The molecule has 3 heterocycles. The minimum Gasteiger partial charge on any atom is -0.399 e. The first-order valence-corrected chi connectivity index (χ1v) is 9.19. The minimum atomic E-state index is -0.417. The molecule has 3 rings (SSSR count). The average molecular weight is 347 g/mol. The second kappa shape index (κ2) is 7.19. The molecule has 0 aliphatic carbocycles. The largest absolute Gasteiger partial charge is 0.498 e. The second-order valence-corrected chi connectivity index (χ2v) is 7.89. The van der Waals surface area contributed by atoms with Gasteiger partial charge in [0, 0.05) is 50.1 Å². The van der Waals surface area contributed by atoms with Gasteiger partial charge in [0.1, 0.15) is 0 Å². The predicted octanol–water partition coefficient (Wildman–Crippen LogP) is 0.293. The highest BCUT2D eigenvalue weighted by molar-refractivity contribution is 6.61. The molecule has 1 aromatic rings. The molecule has 2 aliphatic rings. The van der Waals surface area contributed by atoms with Gasteiger partial charge in [0.2, 0.25) is 5.95 Å². The summed E-state index contributed by atoms with van der Waals surface area (Å²) in [5, 5.41) is 3.39. The fourth-order valence-corrected chi connectivity index (χ4v) is 3.26. The first-order chi connectivity index (χ1) is 11.8. The van der Waals surface area contributed by atoms with Gasteiger partial charge in [0.05, 0.1) is 11.2 Å². The summed E-state index contributed by atoms with van der Waals surface area (Å²) in [6.07, 6.45) is 5.97. The Morgan fingerprint density at radius 2 is 1.88 bits per heavy atom. The molecule has 1 aromatic heterocycles. The van der Waals surface area contributed by atoms with Gasteiger partial charge in [-0.15, -0.1) is 0 Å². The Kier molecular flexibility index (Phi) is 5.34. The third-order valence-corrected chi connectivity index (χ3v) is 5.52. The van der Waals surface area contributed by atoms with Gasteiger partial charge in [-0.05, 0) is 40.5 Å². The van der Waals surface area contributed by atoms with Crippen molar-refractivity contribution in [3.05, 3.63) is 12.4 Å². The van der Waals surface area contributed by atoms with Gasteiger partial charge in [0.15, 0.2) is 0 Å². The highest BCUT2D eigenvalue weighted by Crippen LogP contribution is 2.36. The number of anilines is 1. The Bertz CT molecular complexity index is 565. The van der Waals surface area contributed by atoms with Gasteiger partial charge in [0.25, 0.3) is 0 Å². The molecule has 7 nitrogen and oxygen atoms in total. The zero-order valence-corrected chi connectivity index (χ0v) is 15.8. The van der Waals surface area contributed by atoms with Crippen LogP contribution in [0, 0.1) is 0 Å². The van der Waals surface area contributed by atoms with Crippen LogP contribution in [0.4, 0.5) is 5.95 Å². The monoisotopic (exact) mass is 347 g/mol. The van der Waals surface area contributed by atoms with Crippen LogP contribution < -0.4 is 21.4 Å². The number of nitrogens with one attached hydrogen (secondary N) is 1. The van der Waals surface area contributed by atoms with Crippen molar-refractivity contribution in [1.29, 1.82) is 0 Å². The molecular formula is C17H30BN5O2. The summed E-state index contributed by atoms with van der Waals surface area (Å²) >= 11 is 0. The van der Waals surface area contributed by atoms with Crippen molar-refractivity contribution in [3.8, 4) is 0 Å². The van der Waals surface area contributed by atoms with Gasteiger partial charge in [-0.3, -0.25) is 0 Å². The number of aromatic nitrogens is 2. The van der Waals surface area contributed by atoms with Crippen molar-refractivity contribution in [2.45, 2.75) is 57.8 Å². The molecule has 2 aliphatic heterocycles. The van der Waals surface area contributed by atoms with Crippen LogP contribution in [0.3, 0.4) is 0 Å². The summed E-state index contributed by atoms with van der Waals surface area (Å²) in [5.74, 6) is 0.775. The molecule has 25 heavy (non-hydrogen) atoms. The van der Waals surface area contributed by atoms with Crippen molar-refractivity contribution in [1.82, 2.24) is 15.3 Å². The number of nitrogens with zero attached hydrogens (tertiary/aromatic N) is 3. The maximum absolute atomic E-state index is 6.06. The van der Waals surface area contributed by atoms with Crippen LogP contribution in [-0.4, -0.2) is 60.5 Å². The second-order valence-electron chi connectivity index (χ2n) is 7.89. The first kappa shape index (κ1) is 18.6. The Morgan fingerprint density at radius 3 is 2.48 bits per heavy atom. The highest BCUT2D eigenvalue weighted by atomic mass is 16.7. The van der Waals surface area contributed by atoms with E-state index in [1.807, 2.05) is 40.1 Å². The normalized spacial score (nSPS) is 24.9. The average Bonchev–Trinajstić information content (AvgIpc) is 3.10. The lowest BCUT2D eigenvalue weighted by molar-refractivity contribution is 0.00578. The molecule has 0 amide bonds. The minimum absolute atomic E-state index is 0.356. The SMILES string of the molecule is CC1(C)OB(c2cnc(N3CCC[C@@H]3CNCCN)nc2)OC1(C)C. The predicted molar refractivity (Wildman–Crippen MR) is 100 cm³/mol. The first-order valence-electron chi connectivity index (χ1n) is 9.19. The lowest BCUT2D eigenvalue weighted by atomic mass is 9.81. The quantitative estimate of drug-likeness (QED) is 0.565. The topological polar surface area (TPSA) is 85.5 Å². The van der Waals surface area contributed by atoms with Crippen LogP contribution >= 0.6 is 0 Å². The van der Waals surface area contributed by atoms with Crippen molar-refractivity contribution in [3.63, 3.8) is 0 Å². The fourth-order valence-electron chi connectivity index (χ4n) is 3.26. The van der Waals surface area contributed by atoms with E-state index in [0.29, 0.717) is 12.6 Å². The van der Waals surface area contributed by atoms with E-state index < -0.39 is 7.12 Å². The molecule has 1 atom stereocenters. The smallest absolute Gasteiger partial charge is 0.399 e. The molecule has 2 saturated heterocycles. The van der Waals surface area contributed by atoms with Crippen molar-refractivity contribution < 1.29 is 9.31 Å². The van der Waals surface area contributed by atoms with Gasteiger partial charge in [-0.2, -0.15) is 0 Å². The van der Waals surface area contributed by atoms with E-state index in [0.717, 1.165) is 43.9 Å². The van der Waals surface area contributed by atoms with E-state index in [-0.39, 0.29) is 11.2 Å². The van der Waals surface area contributed by atoms with E-state index in [4.69, 9.17) is 15.0 Å². The molecule has 0 unspecified atom stereocenters. The van der Waals surface area contributed by atoms with E-state index in [1.54, 1.807) is 0 Å². The number of hydrogen-bond donors (Lipinski definition) is 2. The zero-order chi connectivity index (χ0) is 18.1. The van der Waals surface area contributed by atoms with Gasteiger partial charge < -0.3 is 25.3 Å². The molecule has 0 radical (unpaired) electrons. The van der Waals surface area contributed by atoms with E-state index in [9.17, 15) is 0 Å². The zero-order valence-electron chi connectivity index (χ0n) is 15.8. The fraction of sp³-hybridized carbons (Fsp3) is 0.765. The Morgan fingerprint density at radius 1 is 1.24 bits per heavy atom. The van der Waals surface area contributed by atoms with Gasteiger partial charge >= 0.3 is 7.12 Å². The molecule has 3 N–H and O–H groups in total. The van der Waals surface area contributed by atoms with Crippen molar-refractivity contribution in [2.75, 3.05) is 31.1 Å². The Hall–Kier alpha value is -1.22. The van der Waals surface area contributed by atoms with Crippen LogP contribution in [-0.2, 0) is 9.31 Å². The van der Waals surface area contributed by atoms with Crippen LogP contribution in [0.2, 0.25) is 0 Å². The molecule has 0 saturated carbocycles. The summed E-state index contributed by atoms with van der Waals surface area (Å²) in [6, 6.07) is 0.425. The summed E-state index contributed by atoms with van der Waals surface area (Å²) in [7, 11) is -0.417. The summed E-state index contributed by atoms with van der Waals surface area (Å²) in [5.41, 5.74) is 5.70. The van der Waals surface area contributed by atoms with Crippen LogP contribution in [0.25, 0.3) is 0 Å². The summed E-state index contributed by atoms with van der Waals surface area (Å²) in [4.78, 5) is 11.4. The molecule has 138 valence electrons. The number of nitrogens with two attached hydrogens (primary N) is 1. The van der Waals surface area contributed by atoms with E-state index in [2.05, 4.69) is 20.2 Å². The molecule has 0 bridgehead atoms. The third-order valence-electron chi connectivity index (χ3n) is 5.52. The molecule has 0 spiro atoms. The van der Waals surface area contributed by atoms with E-state index >= 15 is 0 Å². The van der Waals surface area contributed by atoms with Crippen LogP contribution in [0.1, 0.15) is 40.5 Å². The van der Waals surface area contributed by atoms with Gasteiger partial charge in [-0.1, -0.05) is 0 Å². The third kappa shape index (κ3) is 3.82. The maximum Gasteiger partial charge on any atom is 0.498 e. The molecule has 0 aromatic carbocycles. The summed E-state index contributed by atoms with van der Waals surface area (Å²) in [6.45, 7) is 11.6. The van der Waals surface area contributed by atoms with Crippen molar-refractivity contribution >= 4 is 18.5 Å². The lowest BCUT2D eigenvalue weighted by Gasteiger charge is -2.32. The Balaban J connectivity index is 1.66. The van der Waals surface area contributed by atoms with Crippen molar-refractivity contribution in [2.24, 2.45) is 5.73 Å². The number of rotatable bonds is 6. The molecular weight excluding hydrogens is 317 g/mol. The van der Waals surface area contributed by atoms with Crippen LogP contribution in [0.15, 0.2) is 12.4 Å². The van der Waals surface area contributed by atoms with Gasteiger partial charge in [-0.25, -0.2) is 9.97 Å². The standard InChI is InChI=1S/C17H30BN5O2/c1-16(2)17(3,4)25-18(24-16)13-10-21-15(22-11-13)23-9-5-6-14(23)12-20-8-7-19/h10-11,14,20H,5-9,12,19H2,1-4H3/t14-/m1/s1. The highest BCUT2D eigenvalue weighted by Gasteiger charge is 2.52. The molecule has 8 heteroatoms. The lowest BCUT2D eigenvalue weighted by Crippen LogP contribution is -2.41. The number of hydrogen-bond acceptors (Lipinski definition) is 7. The molecule has 2 fully saturated rings.